The number of ether oxygens (including phenoxy) is 2. The topological polar surface area (TPSA) is 309 Å². The average Bonchev–Trinajstić information content (AvgIpc) is 1.91. The molecule has 7 amide bonds. The number of hydrogen-bond acceptors (Lipinski definition) is 15. The Balaban J connectivity index is 0.797. The molecule has 4 atom stereocenters. The number of alkyl halides is 1. The Labute approximate surface area is 497 Å². The first-order valence-corrected chi connectivity index (χ1v) is 31.2. The third kappa shape index (κ3) is 14.3. The van der Waals surface area contributed by atoms with Crippen molar-refractivity contribution in [1.29, 1.82) is 0 Å². The fourth-order valence-electron chi connectivity index (χ4n) is 11.8. The Morgan fingerprint density at radius 2 is 1.58 bits per heavy atom. The molecule has 23 nitrogen and oxygen atoms in total. The number of fused-ring (bicyclic) bond motifs is 5. The van der Waals surface area contributed by atoms with Crippen molar-refractivity contribution < 1.29 is 71.9 Å². The molecular weight excluding hydrogens is 1140 g/mol. The fraction of sp³-hybridized carbons (Fsp3) is 0.483. The number of nitrogens with zero attached hydrogens (tertiary/aromatic N) is 4. The van der Waals surface area contributed by atoms with Gasteiger partial charge in [-0.1, -0.05) is 42.8 Å². The van der Waals surface area contributed by atoms with Crippen molar-refractivity contribution in [3.8, 4) is 17.2 Å². The second kappa shape index (κ2) is 27.9. The van der Waals surface area contributed by atoms with Crippen molar-refractivity contribution in [3.63, 3.8) is 0 Å². The zero-order valence-corrected chi connectivity index (χ0v) is 49.2. The number of anilines is 3. The molecule has 85 heavy (non-hydrogen) atoms. The van der Waals surface area contributed by atoms with Crippen LogP contribution < -0.4 is 45.6 Å². The molecule has 9 rings (SSSR count). The molecule has 0 bridgehead atoms. The number of halogens is 1. The maximum atomic E-state index is 14.2. The number of hydrogen-bond donors (Lipinski definition) is 7. The van der Waals surface area contributed by atoms with E-state index in [9.17, 15) is 53.0 Å². The smallest absolute Gasteiger partial charge is 0.493 e. The second-order valence-corrected chi connectivity index (χ2v) is 23.6. The monoisotopic (exact) mass is 1210 g/mol. The molecule has 5 aliphatic rings. The van der Waals surface area contributed by atoms with E-state index in [1.54, 1.807) is 64.4 Å². The summed E-state index contributed by atoms with van der Waals surface area (Å²) in [6.07, 6.45) is 8.89. The number of imide groups is 1. The first-order chi connectivity index (χ1) is 40.9. The quantitative estimate of drug-likeness (QED) is 0.0101. The Hall–Kier alpha value is -7.11. The van der Waals surface area contributed by atoms with Gasteiger partial charge in [0.25, 0.3) is 17.7 Å². The van der Waals surface area contributed by atoms with Gasteiger partial charge in [0.2, 0.25) is 23.6 Å². The van der Waals surface area contributed by atoms with Crippen molar-refractivity contribution >= 4 is 88.6 Å². The highest BCUT2D eigenvalue weighted by Crippen LogP contribution is 2.50. The molecular formula is C60H74ClN8O15P. The van der Waals surface area contributed by atoms with Crippen LogP contribution in [0.5, 0.6) is 17.2 Å². The number of phosphoric acid groups is 1. The van der Waals surface area contributed by atoms with Crippen molar-refractivity contribution in [2.24, 2.45) is 11.1 Å². The molecule has 1 unspecified atom stereocenters. The number of rotatable bonds is 29. The summed E-state index contributed by atoms with van der Waals surface area (Å²) in [6, 6.07) is 17.1. The number of methoxy groups -OCH3 is 1. The van der Waals surface area contributed by atoms with Gasteiger partial charge in [0.15, 0.2) is 17.7 Å². The van der Waals surface area contributed by atoms with E-state index in [-0.39, 0.29) is 78.5 Å². The SMILES string of the molecule is COc1cc2c(cc1OCCCCCC(=O)N1C[C@@H](CCl)c3c1cc(OP(=O)(O)O)c1ccccc31)N(OCc1ccc(NC(=O)[C@H](CCCCN)NC(=O)C3(C(=O)NCCCCCN4C(=O)C=CC4=O)CCC3)cc1)C(O)[C@@H]1CCCN1C2=O. The van der Waals surface area contributed by atoms with Crippen LogP contribution in [0, 0.1) is 5.41 Å². The number of aliphatic hydroxyl groups excluding tert-OH is 1. The third-order valence-electron chi connectivity index (χ3n) is 16.5. The largest absolute Gasteiger partial charge is 0.524 e. The first kappa shape index (κ1) is 62.4. The normalized spacial score (nSPS) is 19.0. The van der Waals surface area contributed by atoms with Gasteiger partial charge >= 0.3 is 7.82 Å². The number of unbranched alkanes of at least 4 members (excludes halogenated alkanes) is 5. The van der Waals surface area contributed by atoms with Crippen LogP contribution in [0.3, 0.4) is 0 Å². The summed E-state index contributed by atoms with van der Waals surface area (Å²) in [6.45, 7) is 1.90. The standard InChI is InChI=1S/C60H74ClN8O15P/c1-81-49-32-43-46(33-50(49)82-31-11-2-4-18-51(70)68-36-39(35-61)54-42-15-6-5-14-41(42)48(34-47(54)68)84-85(78,79)80)69(57(75)45-17-12-30-66(45)56(43)74)83-37-38-19-21-40(22-20-38)64-55(73)44(16-7-8-27-62)65-59(77)60(25-13-26-60)58(76)63-28-9-3-10-29-67-52(71)23-24-53(67)72/h5-6,14-15,19-24,32-34,39,44-45,57,75H,2-4,7-13,16-18,25-31,35-37,62H2,1H3,(H,63,76)(H,64,73)(H,65,77)(H2,78,79,80)/t39-,44+,45+,57?/m1/s1. The minimum absolute atomic E-state index is 0.0329. The third-order valence-corrected chi connectivity index (χ3v) is 17.3. The molecule has 456 valence electrons. The van der Waals surface area contributed by atoms with Crippen molar-refractivity contribution in [3.05, 3.63) is 95.6 Å². The predicted octanol–water partition coefficient (Wildman–Crippen LogP) is 6.44. The zero-order valence-electron chi connectivity index (χ0n) is 47.5. The molecule has 8 N–H and O–H groups in total. The van der Waals surface area contributed by atoms with Gasteiger partial charge in [0.1, 0.15) is 23.8 Å². The minimum Gasteiger partial charge on any atom is -0.493 e. The number of nitrogens with two attached hydrogens (primary N) is 1. The Morgan fingerprint density at radius 3 is 2.27 bits per heavy atom. The summed E-state index contributed by atoms with van der Waals surface area (Å²) < 4.78 is 29.0. The number of nitrogens with one attached hydrogen (secondary N) is 3. The fourth-order valence-corrected chi connectivity index (χ4v) is 12.4. The highest BCUT2D eigenvalue weighted by molar-refractivity contribution is 7.46. The van der Waals surface area contributed by atoms with E-state index >= 15 is 0 Å². The Kier molecular flexibility index (Phi) is 20.5. The zero-order chi connectivity index (χ0) is 60.4. The van der Waals surface area contributed by atoms with Crippen LogP contribution in [-0.4, -0.2) is 137 Å². The van der Waals surface area contributed by atoms with Crippen LogP contribution in [0.1, 0.15) is 124 Å². The van der Waals surface area contributed by atoms with Crippen LogP contribution in [0.15, 0.2) is 78.9 Å². The van der Waals surface area contributed by atoms with E-state index in [0.717, 1.165) is 5.56 Å². The molecule has 4 aromatic carbocycles. The van der Waals surface area contributed by atoms with Crippen LogP contribution >= 0.6 is 19.4 Å². The van der Waals surface area contributed by atoms with E-state index in [0.29, 0.717) is 155 Å². The lowest BCUT2D eigenvalue weighted by molar-refractivity contribution is -0.151. The lowest BCUT2D eigenvalue weighted by Crippen LogP contribution is -2.58. The maximum Gasteiger partial charge on any atom is 0.524 e. The second-order valence-electron chi connectivity index (χ2n) is 22.1. The van der Waals surface area contributed by atoms with Gasteiger partial charge in [0, 0.05) is 79.8 Å². The molecule has 2 fully saturated rings. The molecule has 0 radical (unpaired) electrons. The summed E-state index contributed by atoms with van der Waals surface area (Å²) in [5, 5.41) is 23.1. The summed E-state index contributed by atoms with van der Waals surface area (Å²) in [7, 11) is -3.45. The maximum absolute atomic E-state index is 14.2. The summed E-state index contributed by atoms with van der Waals surface area (Å²) >= 11 is 6.42. The summed E-state index contributed by atoms with van der Waals surface area (Å²) in [5.74, 6) is -1.96. The Bertz CT molecular complexity index is 3210. The van der Waals surface area contributed by atoms with E-state index < -0.39 is 49.3 Å². The number of carbonyl (C=O) groups excluding carboxylic acids is 7. The molecule has 1 saturated heterocycles. The first-order valence-electron chi connectivity index (χ1n) is 29.1. The lowest BCUT2D eigenvalue weighted by atomic mass is 9.67. The molecule has 25 heteroatoms. The van der Waals surface area contributed by atoms with Gasteiger partial charge in [-0.05, 0) is 125 Å². The van der Waals surface area contributed by atoms with Crippen LogP contribution in [0.25, 0.3) is 10.8 Å². The molecule has 4 aliphatic heterocycles. The van der Waals surface area contributed by atoms with E-state index in [2.05, 4.69) is 16.0 Å². The molecule has 4 heterocycles. The highest BCUT2D eigenvalue weighted by Gasteiger charge is 2.51. The Morgan fingerprint density at radius 1 is 0.847 bits per heavy atom. The molecule has 0 aromatic heterocycles. The van der Waals surface area contributed by atoms with Gasteiger partial charge < -0.3 is 50.6 Å². The number of carbonyl (C=O) groups is 7. The van der Waals surface area contributed by atoms with Gasteiger partial charge in [-0.15, -0.1) is 11.6 Å². The van der Waals surface area contributed by atoms with Gasteiger partial charge in [-0.3, -0.25) is 53.1 Å². The summed E-state index contributed by atoms with van der Waals surface area (Å²) in [5.41, 5.74) is 7.39. The molecule has 1 saturated carbocycles. The average molecular weight is 1210 g/mol. The minimum atomic E-state index is -4.92. The van der Waals surface area contributed by atoms with Crippen LogP contribution in [0.4, 0.5) is 17.1 Å². The van der Waals surface area contributed by atoms with Crippen molar-refractivity contribution in [2.75, 3.05) is 67.6 Å². The van der Waals surface area contributed by atoms with Crippen molar-refractivity contribution in [2.45, 2.75) is 127 Å². The predicted molar refractivity (Wildman–Crippen MR) is 316 cm³/mol. The number of benzene rings is 4. The van der Waals surface area contributed by atoms with Crippen LogP contribution in [0.2, 0.25) is 0 Å². The van der Waals surface area contributed by atoms with Crippen LogP contribution in [-0.2, 0) is 44.8 Å². The summed E-state index contributed by atoms with van der Waals surface area (Å²) in [4.78, 5) is 123. The highest BCUT2D eigenvalue weighted by atomic mass is 35.5. The lowest BCUT2D eigenvalue weighted by Gasteiger charge is -2.39. The van der Waals surface area contributed by atoms with Gasteiger partial charge in [-0.2, -0.15) is 0 Å². The van der Waals surface area contributed by atoms with E-state index in [1.807, 2.05) is 6.07 Å². The number of phosphoric ester groups is 1. The number of aliphatic hydroxyl groups is 1. The van der Waals surface area contributed by atoms with Gasteiger partial charge in [-0.25, -0.2) is 9.63 Å². The van der Waals surface area contributed by atoms with E-state index in [4.69, 9.17) is 36.2 Å². The number of amides is 7. The molecule has 1 aliphatic carbocycles. The molecule has 0 spiro atoms. The molecule has 4 aromatic rings. The van der Waals surface area contributed by atoms with E-state index in [1.165, 1.54) is 35.3 Å². The van der Waals surface area contributed by atoms with Crippen molar-refractivity contribution in [1.82, 2.24) is 20.4 Å². The van der Waals surface area contributed by atoms with Gasteiger partial charge in [0.05, 0.1) is 36.7 Å². The number of hydroxylamine groups is 1.